The van der Waals surface area contributed by atoms with Crippen molar-refractivity contribution < 1.29 is 9.18 Å². The first-order valence-electron chi connectivity index (χ1n) is 5.04. The van der Waals surface area contributed by atoms with Gasteiger partial charge in [0.2, 0.25) is 0 Å². The van der Waals surface area contributed by atoms with Gasteiger partial charge in [-0.25, -0.2) is 4.39 Å². The minimum Gasteiger partial charge on any atom is -0.399 e. The van der Waals surface area contributed by atoms with Crippen molar-refractivity contribution in [1.82, 2.24) is 0 Å². The van der Waals surface area contributed by atoms with Crippen LogP contribution in [0, 0.1) is 5.82 Å². The van der Waals surface area contributed by atoms with Gasteiger partial charge < -0.3 is 5.73 Å². The van der Waals surface area contributed by atoms with Crippen molar-refractivity contribution in [2.45, 2.75) is 0 Å². The molecule has 0 aromatic heterocycles. The maximum Gasteiger partial charge on any atom is 0.196 e. The van der Waals surface area contributed by atoms with Crippen LogP contribution in [0.3, 0.4) is 0 Å². The molecule has 92 valence electrons. The fourth-order valence-electron chi connectivity index (χ4n) is 1.49. The number of nitrogens with two attached hydrogens (primary N) is 1. The third kappa shape index (κ3) is 2.54. The summed E-state index contributed by atoms with van der Waals surface area (Å²) < 4.78 is 14.1. The molecule has 2 N–H and O–H groups in total. The molecule has 0 radical (unpaired) electrons. The Balaban J connectivity index is 2.46. The molecule has 2 nitrogen and oxygen atoms in total. The average Bonchev–Trinajstić information content (AvgIpc) is 2.34. The number of carbonyl (C=O) groups is 1. The first-order valence-corrected chi connectivity index (χ1v) is 6.21. The average molecular weight is 329 g/mol. The zero-order valence-electron chi connectivity index (χ0n) is 9.08. The van der Waals surface area contributed by atoms with Crippen molar-refractivity contribution in [3.8, 4) is 0 Å². The highest BCUT2D eigenvalue weighted by atomic mass is 79.9. The standard InChI is InChI=1S/C13H8BrClFNO/c14-10-6-12(16)9(5-11(10)15)13(18)7-1-3-8(17)4-2-7/h1-6H,17H2. The Labute approximate surface area is 117 Å². The number of anilines is 1. The SMILES string of the molecule is Nc1ccc(C(=O)c2cc(Cl)c(Br)cc2F)cc1. The van der Waals surface area contributed by atoms with Crippen LogP contribution in [0.25, 0.3) is 0 Å². The smallest absolute Gasteiger partial charge is 0.196 e. The van der Waals surface area contributed by atoms with Gasteiger partial charge in [-0.1, -0.05) is 11.6 Å². The maximum atomic E-state index is 13.7. The number of hydrogen-bond acceptors (Lipinski definition) is 2. The van der Waals surface area contributed by atoms with Gasteiger partial charge in [-0.15, -0.1) is 0 Å². The summed E-state index contributed by atoms with van der Waals surface area (Å²) in [4.78, 5) is 12.1. The van der Waals surface area contributed by atoms with Crippen LogP contribution in [-0.4, -0.2) is 5.78 Å². The second-order valence-corrected chi connectivity index (χ2v) is 4.96. The quantitative estimate of drug-likeness (QED) is 0.513. The summed E-state index contributed by atoms with van der Waals surface area (Å²) in [6.45, 7) is 0. The van der Waals surface area contributed by atoms with Crippen LogP contribution in [0.5, 0.6) is 0 Å². The highest BCUT2D eigenvalue weighted by Crippen LogP contribution is 2.27. The summed E-state index contributed by atoms with van der Waals surface area (Å²) >= 11 is 8.95. The fraction of sp³-hybridized carbons (Fsp3) is 0. The van der Waals surface area contributed by atoms with E-state index in [0.29, 0.717) is 15.7 Å². The Morgan fingerprint density at radius 1 is 1.22 bits per heavy atom. The molecule has 5 heteroatoms. The van der Waals surface area contributed by atoms with E-state index >= 15 is 0 Å². The van der Waals surface area contributed by atoms with E-state index < -0.39 is 11.6 Å². The molecule has 0 bridgehead atoms. The van der Waals surface area contributed by atoms with Crippen molar-refractivity contribution in [3.05, 3.63) is 62.8 Å². The number of rotatable bonds is 2. The first kappa shape index (κ1) is 13.1. The van der Waals surface area contributed by atoms with Gasteiger partial charge in [0, 0.05) is 15.7 Å². The largest absolute Gasteiger partial charge is 0.399 e. The molecule has 0 aliphatic heterocycles. The van der Waals surface area contributed by atoms with Crippen LogP contribution in [0.4, 0.5) is 10.1 Å². The lowest BCUT2D eigenvalue weighted by molar-refractivity contribution is 0.103. The van der Waals surface area contributed by atoms with Crippen molar-refractivity contribution in [3.63, 3.8) is 0 Å². The number of nitrogen functional groups attached to an aromatic ring is 1. The third-order valence-electron chi connectivity index (χ3n) is 2.43. The number of halogens is 3. The highest BCUT2D eigenvalue weighted by Gasteiger charge is 2.16. The first-order chi connectivity index (χ1) is 8.49. The topological polar surface area (TPSA) is 43.1 Å². The Morgan fingerprint density at radius 3 is 2.44 bits per heavy atom. The molecule has 0 aliphatic rings. The van der Waals surface area contributed by atoms with E-state index in [0.717, 1.165) is 0 Å². The molecule has 0 saturated carbocycles. The molecule has 0 amide bonds. The van der Waals surface area contributed by atoms with Crippen molar-refractivity contribution in [2.24, 2.45) is 0 Å². The van der Waals surface area contributed by atoms with E-state index in [1.54, 1.807) is 24.3 Å². The van der Waals surface area contributed by atoms with E-state index in [4.69, 9.17) is 17.3 Å². The number of hydrogen-bond donors (Lipinski definition) is 1. The minimum atomic E-state index is -0.617. The maximum absolute atomic E-state index is 13.7. The van der Waals surface area contributed by atoms with E-state index in [1.165, 1.54) is 12.1 Å². The van der Waals surface area contributed by atoms with Gasteiger partial charge in [-0.2, -0.15) is 0 Å². The molecule has 0 aliphatic carbocycles. The molecule has 0 atom stereocenters. The molecule has 2 aromatic carbocycles. The van der Waals surface area contributed by atoms with Gasteiger partial charge in [0.15, 0.2) is 5.78 Å². The van der Waals surface area contributed by atoms with E-state index in [-0.39, 0.29) is 10.6 Å². The lowest BCUT2D eigenvalue weighted by atomic mass is 10.0. The van der Waals surface area contributed by atoms with Crippen LogP contribution in [0.2, 0.25) is 5.02 Å². The monoisotopic (exact) mass is 327 g/mol. The molecule has 0 spiro atoms. The summed E-state index contributed by atoms with van der Waals surface area (Å²) in [5.74, 6) is -1.05. The third-order valence-corrected chi connectivity index (χ3v) is 3.62. The zero-order valence-corrected chi connectivity index (χ0v) is 11.4. The molecule has 0 unspecified atom stereocenters. The van der Waals surface area contributed by atoms with Crippen LogP contribution in [-0.2, 0) is 0 Å². The van der Waals surface area contributed by atoms with Gasteiger partial charge >= 0.3 is 0 Å². The molecule has 0 saturated heterocycles. The normalized spacial score (nSPS) is 10.4. The van der Waals surface area contributed by atoms with Gasteiger partial charge in [0.25, 0.3) is 0 Å². The van der Waals surface area contributed by atoms with E-state index in [1.807, 2.05) is 0 Å². The van der Waals surface area contributed by atoms with Crippen LogP contribution in [0.15, 0.2) is 40.9 Å². The van der Waals surface area contributed by atoms with Crippen LogP contribution < -0.4 is 5.73 Å². The Bertz CT molecular complexity index is 613. The predicted molar refractivity (Wildman–Crippen MR) is 73.4 cm³/mol. The molecular formula is C13H8BrClFNO. The van der Waals surface area contributed by atoms with Crippen LogP contribution in [0.1, 0.15) is 15.9 Å². The lowest BCUT2D eigenvalue weighted by Crippen LogP contribution is -2.04. The molecule has 18 heavy (non-hydrogen) atoms. The summed E-state index contributed by atoms with van der Waals surface area (Å²) in [7, 11) is 0. The summed E-state index contributed by atoms with van der Waals surface area (Å²) in [5.41, 5.74) is 6.37. The Morgan fingerprint density at radius 2 is 1.83 bits per heavy atom. The van der Waals surface area contributed by atoms with Crippen molar-refractivity contribution >= 4 is 39.0 Å². The fourth-order valence-corrected chi connectivity index (χ4v) is 1.97. The minimum absolute atomic E-state index is 0.0621. The van der Waals surface area contributed by atoms with Gasteiger partial charge in [-0.05, 0) is 52.3 Å². The molecular weight excluding hydrogens is 321 g/mol. The van der Waals surface area contributed by atoms with Crippen LogP contribution >= 0.6 is 27.5 Å². The van der Waals surface area contributed by atoms with Crippen molar-refractivity contribution in [2.75, 3.05) is 5.73 Å². The van der Waals surface area contributed by atoms with Gasteiger partial charge in [0.1, 0.15) is 5.82 Å². The van der Waals surface area contributed by atoms with E-state index in [9.17, 15) is 9.18 Å². The van der Waals surface area contributed by atoms with Gasteiger partial charge in [0.05, 0.1) is 10.6 Å². The lowest BCUT2D eigenvalue weighted by Gasteiger charge is -2.05. The number of benzene rings is 2. The van der Waals surface area contributed by atoms with Crippen molar-refractivity contribution in [1.29, 1.82) is 0 Å². The predicted octanol–water partition coefficient (Wildman–Crippen LogP) is 4.05. The van der Waals surface area contributed by atoms with E-state index in [2.05, 4.69) is 15.9 Å². The highest BCUT2D eigenvalue weighted by molar-refractivity contribution is 9.10. The second kappa shape index (κ2) is 5.08. The second-order valence-electron chi connectivity index (χ2n) is 3.70. The summed E-state index contributed by atoms with van der Waals surface area (Å²) in [5, 5.41) is 0.287. The molecule has 2 rings (SSSR count). The number of carbonyl (C=O) groups excluding carboxylic acids is 1. The number of ketones is 1. The molecule has 0 fully saturated rings. The Kier molecular flexibility index (Phi) is 3.68. The summed E-state index contributed by atoms with van der Waals surface area (Å²) in [6.07, 6.45) is 0. The summed E-state index contributed by atoms with van der Waals surface area (Å²) in [6, 6.07) is 8.75. The molecule has 0 heterocycles. The van der Waals surface area contributed by atoms with Gasteiger partial charge in [-0.3, -0.25) is 4.79 Å². The Hall–Kier alpha value is -1.39. The molecule has 2 aromatic rings. The zero-order chi connectivity index (χ0) is 13.3.